The van der Waals surface area contributed by atoms with E-state index in [1.807, 2.05) is 31.2 Å². The van der Waals surface area contributed by atoms with Crippen molar-refractivity contribution < 1.29 is 14.3 Å². The summed E-state index contributed by atoms with van der Waals surface area (Å²) < 4.78 is 5.72. The number of aryl methyl sites for hydroxylation is 1. The minimum Gasteiger partial charge on any atom is -0.373 e. The standard InChI is InChI=1S/C15H15NO3/c1-8-2-4-9(5-3-8)16-14(17)12-10-6-7-11(19-10)13(12)15(16)18/h2-5,10-13H,6-7H2,1H3/t10-,11+,12+,13-. The molecular formula is C15H15NO3. The van der Waals surface area contributed by atoms with Gasteiger partial charge in [0.2, 0.25) is 11.8 Å². The Kier molecular flexibility index (Phi) is 2.16. The lowest BCUT2D eigenvalue weighted by Crippen LogP contribution is -2.34. The lowest BCUT2D eigenvalue weighted by atomic mass is 9.81. The average Bonchev–Trinajstić information content (AvgIpc) is 3.06. The summed E-state index contributed by atoms with van der Waals surface area (Å²) >= 11 is 0. The number of carbonyl (C=O) groups excluding carboxylic acids is 2. The number of anilines is 1. The first kappa shape index (κ1) is 11.2. The van der Waals surface area contributed by atoms with Crippen molar-refractivity contribution in [2.45, 2.75) is 32.0 Å². The molecule has 0 unspecified atom stereocenters. The quantitative estimate of drug-likeness (QED) is 0.719. The Morgan fingerprint density at radius 3 is 2.05 bits per heavy atom. The van der Waals surface area contributed by atoms with Crippen LogP contribution in [0.2, 0.25) is 0 Å². The number of nitrogens with zero attached hydrogens (tertiary/aromatic N) is 1. The van der Waals surface area contributed by atoms with E-state index >= 15 is 0 Å². The second-order valence-corrected chi connectivity index (χ2v) is 5.69. The van der Waals surface area contributed by atoms with Crippen molar-refractivity contribution >= 4 is 17.5 Å². The van der Waals surface area contributed by atoms with E-state index in [-0.39, 0.29) is 35.9 Å². The third kappa shape index (κ3) is 1.38. The maximum atomic E-state index is 12.5. The third-order valence-electron chi connectivity index (χ3n) is 4.58. The monoisotopic (exact) mass is 257 g/mol. The van der Waals surface area contributed by atoms with E-state index in [1.54, 1.807) is 0 Å². The molecule has 98 valence electrons. The highest BCUT2D eigenvalue weighted by molar-refractivity contribution is 6.22. The fourth-order valence-electron chi connectivity index (χ4n) is 3.66. The van der Waals surface area contributed by atoms with Crippen molar-refractivity contribution in [1.82, 2.24) is 0 Å². The van der Waals surface area contributed by atoms with Gasteiger partial charge in [0.25, 0.3) is 0 Å². The summed E-state index contributed by atoms with van der Waals surface area (Å²) in [5, 5.41) is 0. The number of imide groups is 1. The second-order valence-electron chi connectivity index (χ2n) is 5.69. The molecule has 19 heavy (non-hydrogen) atoms. The molecule has 0 radical (unpaired) electrons. The molecule has 3 aliphatic rings. The first-order valence-electron chi connectivity index (χ1n) is 6.77. The molecular weight excluding hydrogens is 242 g/mol. The number of carbonyl (C=O) groups is 2. The van der Waals surface area contributed by atoms with Gasteiger partial charge in [-0.3, -0.25) is 9.59 Å². The number of rotatable bonds is 1. The summed E-state index contributed by atoms with van der Waals surface area (Å²) in [7, 11) is 0. The number of benzene rings is 1. The molecule has 4 atom stereocenters. The highest BCUT2D eigenvalue weighted by atomic mass is 16.5. The molecule has 0 aliphatic carbocycles. The first-order chi connectivity index (χ1) is 9.16. The zero-order valence-corrected chi connectivity index (χ0v) is 10.7. The Hall–Kier alpha value is -1.68. The van der Waals surface area contributed by atoms with Gasteiger partial charge in [0.15, 0.2) is 0 Å². The van der Waals surface area contributed by atoms with Gasteiger partial charge in [0.05, 0.1) is 29.7 Å². The van der Waals surface area contributed by atoms with Crippen molar-refractivity contribution in [3.63, 3.8) is 0 Å². The summed E-state index contributed by atoms with van der Waals surface area (Å²) in [4.78, 5) is 26.4. The molecule has 4 heteroatoms. The summed E-state index contributed by atoms with van der Waals surface area (Å²) in [6, 6.07) is 7.54. The average molecular weight is 257 g/mol. The van der Waals surface area contributed by atoms with Crippen LogP contribution in [-0.2, 0) is 14.3 Å². The van der Waals surface area contributed by atoms with Crippen LogP contribution in [0.5, 0.6) is 0 Å². The molecule has 0 aromatic heterocycles. The summed E-state index contributed by atoms with van der Waals surface area (Å²) in [5.74, 6) is -0.641. The van der Waals surface area contributed by atoms with E-state index in [0.717, 1.165) is 18.4 Å². The number of hydrogen-bond acceptors (Lipinski definition) is 3. The highest BCUT2D eigenvalue weighted by Crippen LogP contribution is 2.49. The molecule has 1 aromatic carbocycles. The third-order valence-corrected chi connectivity index (χ3v) is 4.58. The Bertz CT molecular complexity index is 537. The van der Waals surface area contributed by atoms with Gasteiger partial charge >= 0.3 is 0 Å². The predicted molar refractivity (Wildman–Crippen MR) is 68.5 cm³/mol. The lowest BCUT2D eigenvalue weighted by Gasteiger charge is -2.17. The molecule has 4 rings (SSSR count). The lowest BCUT2D eigenvalue weighted by molar-refractivity contribution is -0.124. The summed E-state index contributed by atoms with van der Waals surface area (Å²) in [6.07, 6.45) is 1.74. The Morgan fingerprint density at radius 2 is 1.53 bits per heavy atom. The van der Waals surface area contributed by atoms with E-state index in [1.165, 1.54) is 4.90 Å². The van der Waals surface area contributed by atoms with Crippen molar-refractivity contribution in [3.8, 4) is 0 Å². The van der Waals surface area contributed by atoms with E-state index < -0.39 is 0 Å². The van der Waals surface area contributed by atoms with Crippen LogP contribution in [0.1, 0.15) is 18.4 Å². The number of fused-ring (bicyclic) bond motifs is 5. The fraction of sp³-hybridized carbons (Fsp3) is 0.467. The Morgan fingerprint density at radius 1 is 1.00 bits per heavy atom. The van der Waals surface area contributed by atoms with Crippen molar-refractivity contribution in [2.75, 3.05) is 4.90 Å². The Balaban J connectivity index is 1.73. The largest absolute Gasteiger partial charge is 0.373 e. The van der Waals surface area contributed by atoms with Crippen LogP contribution in [0, 0.1) is 18.8 Å². The van der Waals surface area contributed by atoms with Crippen LogP contribution in [0.15, 0.2) is 24.3 Å². The number of ether oxygens (including phenoxy) is 1. The highest BCUT2D eigenvalue weighted by Gasteiger charge is 2.62. The number of amides is 2. The maximum Gasteiger partial charge on any atom is 0.240 e. The van der Waals surface area contributed by atoms with Gasteiger partial charge in [0.1, 0.15) is 0 Å². The summed E-state index contributed by atoms with van der Waals surface area (Å²) in [6.45, 7) is 1.99. The molecule has 0 N–H and O–H groups in total. The molecule has 0 spiro atoms. The smallest absolute Gasteiger partial charge is 0.240 e. The zero-order valence-electron chi connectivity index (χ0n) is 10.7. The molecule has 2 amide bonds. The SMILES string of the molecule is Cc1ccc(N2C(=O)[C@@H]3[C@H](C2=O)[C@@H]2CC[C@H]3O2)cc1. The number of hydrogen-bond donors (Lipinski definition) is 0. The molecule has 4 nitrogen and oxygen atoms in total. The Labute approximate surface area is 111 Å². The molecule has 3 saturated heterocycles. The molecule has 0 saturated carbocycles. The van der Waals surface area contributed by atoms with Crippen LogP contribution >= 0.6 is 0 Å². The van der Waals surface area contributed by atoms with Gasteiger partial charge in [-0.15, -0.1) is 0 Å². The fourth-order valence-corrected chi connectivity index (χ4v) is 3.66. The van der Waals surface area contributed by atoms with Gasteiger partial charge in [-0.2, -0.15) is 0 Å². The first-order valence-corrected chi connectivity index (χ1v) is 6.77. The van der Waals surface area contributed by atoms with Gasteiger partial charge in [-0.05, 0) is 31.9 Å². The summed E-state index contributed by atoms with van der Waals surface area (Å²) in [5.41, 5.74) is 1.81. The zero-order chi connectivity index (χ0) is 13.1. The van der Waals surface area contributed by atoms with Crippen LogP contribution in [0.4, 0.5) is 5.69 Å². The van der Waals surface area contributed by atoms with Gasteiger partial charge < -0.3 is 4.74 Å². The van der Waals surface area contributed by atoms with Crippen LogP contribution in [0.3, 0.4) is 0 Å². The second kappa shape index (κ2) is 3.67. The van der Waals surface area contributed by atoms with Gasteiger partial charge in [0, 0.05) is 0 Å². The van der Waals surface area contributed by atoms with Gasteiger partial charge in [-0.1, -0.05) is 17.7 Å². The molecule has 3 aliphatic heterocycles. The van der Waals surface area contributed by atoms with Gasteiger partial charge in [-0.25, -0.2) is 4.90 Å². The van der Waals surface area contributed by atoms with Crippen molar-refractivity contribution in [2.24, 2.45) is 11.8 Å². The van der Waals surface area contributed by atoms with Crippen LogP contribution in [0.25, 0.3) is 0 Å². The topological polar surface area (TPSA) is 46.6 Å². The van der Waals surface area contributed by atoms with E-state index in [0.29, 0.717) is 5.69 Å². The van der Waals surface area contributed by atoms with Crippen molar-refractivity contribution in [3.05, 3.63) is 29.8 Å². The molecule has 3 heterocycles. The minimum atomic E-state index is -0.243. The van der Waals surface area contributed by atoms with Crippen molar-refractivity contribution in [1.29, 1.82) is 0 Å². The predicted octanol–water partition coefficient (Wildman–Crippen LogP) is 1.66. The van der Waals surface area contributed by atoms with E-state index in [9.17, 15) is 9.59 Å². The van der Waals surface area contributed by atoms with E-state index in [4.69, 9.17) is 4.74 Å². The molecule has 1 aromatic rings. The molecule has 2 bridgehead atoms. The van der Waals surface area contributed by atoms with Crippen LogP contribution < -0.4 is 4.90 Å². The normalized spacial score (nSPS) is 36.2. The van der Waals surface area contributed by atoms with E-state index in [2.05, 4.69) is 0 Å². The van der Waals surface area contributed by atoms with Crippen LogP contribution in [-0.4, -0.2) is 24.0 Å². The maximum absolute atomic E-state index is 12.5. The minimum absolute atomic E-state index is 0.0399. The molecule has 3 fully saturated rings.